The van der Waals surface area contributed by atoms with Gasteiger partial charge in [-0.25, -0.2) is 4.79 Å². The molecule has 158 valence electrons. The summed E-state index contributed by atoms with van der Waals surface area (Å²) in [5.41, 5.74) is 3.13. The van der Waals surface area contributed by atoms with E-state index in [2.05, 4.69) is 21.2 Å². The smallest absolute Gasteiger partial charge is 0.335 e. The first-order valence-corrected chi connectivity index (χ1v) is 10.4. The molecule has 0 saturated carbocycles. The molecule has 0 aromatic heterocycles. The Morgan fingerprint density at radius 3 is 2.37 bits per heavy atom. The second kappa shape index (κ2) is 11.6. The number of aromatic carboxylic acids is 1. The zero-order valence-electron chi connectivity index (χ0n) is 15.7. The summed E-state index contributed by atoms with van der Waals surface area (Å²) in [6.45, 7) is 1.53. The number of nitrogens with one attached hydrogen (secondary N) is 1. The predicted molar refractivity (Wildman–Crippen MR) is 126 cm³/mol. The lowest BCUT2D eigenvalue weighted by atomic mass is 10.1. The molecule has 2 N–H and O–H groups in total. The van der Waals surface area contributed by atoms with Crippen molar-refractivity contribution in [2.45, 2.75) is 19.7 Å². The Kier molecular flexibility index (Phi) is 9.46. The third-order valence-corrected chi connectivity index (χ3v) is 5.35. The molecule has 3 aromatic rings. The molecule has 0 spiro atoms. The Labute approximate surface area is 199 Å². The molecule has 3 rings (SSSR count). The predicted octanol–water partition coefficient (Wildman–Crippen LogP) is 6.74. The lowest BCUT2D eigenvalue weighted by molar-refractivity contribution is 0.0697. The van der Waals surface area contributed by atoms with Gasteiger partial charge in [0.15, 0.2) is 0 Å². The normalized spacial score (nSPS) is 10.4. The number of rotatable bonds is 8. The highest BCUT2D eigenvalue weighted by Crippen LogP contribution is 2.26. The highest BCUT2D eigenvalue weighted by Gasteiger charge is 2.08. The van der Waals surface area contributed by atoms with Gasteiger partial charge in [0, 0.05) is 38.7 Å². The van der Waals surface area contributed by atoms with Crippen LogP contribution < -0.4 is 10.1 Å². The van der Waals surface area contributed by atoms with Gasteiger partial charge in [0.2, 0.25) is 0 Å². The maximum Gasteiger partial charge on any atom is 0.335 e. The largest absolute Gasteiger partial charge is 0.489 e. The zero-order valence-corrected chi connectivity index (χ0v) is 19.6. The molecule has 3 aromatic carbocycles. The molecule has 0 aliphatic carbocycles. The topological polar surface area (TPSA) is 58.6 Å². The van der Waals surface area contributed by atoms with Crippen molar-refractivity contribution in [1.82, 2.24) is 5.32 Å². The van der Waals surface area contributed by atoms with Gasteiger partial charge in [-0.15, -0.1) is 12.4 Å². The molecule has 4 nitrogen and oxygen atoms in total. The molecule has 0 bridgehead atoms. The van der Waals surface area contributed by atoms with Crippen molar-refractivity contribution >= 4 is 57.5 Å². The highest BCUT2D eigenvalue weighted by molar-refractivity contribution is 9.10. The van der Waals surface area contributed by atoms with Crippen LogP contribution in [0, 0.1) is 0 Å². The summed E-state index contributed by atoms with van der Waals surface area (Å²) < 4.78 is 6.95. The average Bonchev–Trinajstić information content (AvgIpc) is 2.69. The number of benzene rings is 3. The summed E-state index contributed by atoms with van der Waals surface area (Å²) in [5.74, 6) is -0.172. The van der Waals surface area contributed by atoms with Crippen LogP contribution in [0.3, 0.4) is 0 Å². The first-order chi connectivity index (χ1) is 13.9. The Morgan fingerprint density at radius 2 is 1.70 bits per heavy atom. The average molecular weight is 532 g/mol. The minimum absolute atomic E-state index is 0. The van der Waals surface area contributed by atoms with E-state index in [1.165, 1.54) is 0 Å². The minimum Gasteiger partial charge on any atom is -0.489 e. The summed E-state index contributed by atoms with van der Waals surface area (Å²) in [7, 11) is 0. The van der Waals surface area contributed by atoms with E-state index in [0.717, 1.165) is 26.9 Å². The zero-order chi connectivity index (χ0) is 20.8. The van der Waals surface area contributed by atoms with Crippen LogP contribution in [0.4, 0.5) is 0 Å². The molecule has 8 heteroatoms. The summed E-state index contributed by atoms with van der Waals surface area (Å²) in [6.07, 6.45) is 0. The van der Waals surface area contributed by atoms with Crippen LogP contribution in [0.15, 0.2) is 65.1 Å². The van der Waals surface area contributed by atoms with E-state index in [4.69, 9.17) is 33.0 Å². The lowest BCUT2D eigenvalue weighted by Crippen LogP contribution is -2.14. The SMILES string of the molecule is Cl.O=C(O)c1ccc(CNCc2cc(Br)ccc2OCc2ccc(Cl)cc2Cl)cc1. The molecule has 0 heterocycles. The number of halogens is 4. The van der Waals surface area contributed by atoms with Gasteiger partial charge < -0.3 is 15.2 Å². The van der Waals surface area contributed by atoms with Crippen LogP contribution in [0.1, 0.15) is 27.0 Å². The number of hydrogen-bond acceptors (Lipinski definition) is 3. The second-order valence-corrected chi connectivity index (χ2v) is 8.14. The molecule has 0 radical (unpaired) electrons. The molecule has 0 aliphatic rings. The van der Waals surface area contributed by atoms with E-state index in [0.29, 0.717) is 29.7 Å². The van der Waals surface area contributed by atoms with Gasteiger partial charge in [-0.1, -0.05) is 57.3 Å². The van der Waals surface area contributed by atoms with Gasteiger partial charge in [0.05, 0.1) is 5.56 Å². The van der Waals surface area contributed by atoms with Gasteiger partial charge >= 0.3 is 5.97 Å². The van der Waals surface area contributed by atoms with E-state index < -0.39 is 5.97 Å². The van der Waals surface area contributed by atoms with Gasteiger partial charge in [0.1, 0.15) is 12.4 Å². The number of ether oxygens (including phenoxy) is 1. The Hall–Kier alpha value is -1.76. The Balaban J connectivity index is 0.00000320. The van der Waals surface area contributed by atoms with Crippen molar-refractivity contribution < 1.29 is 14.6 Å². The van der Waals surface area contributed by atoms with E-state index in [1.807, 2.05) is 24.3 Å². The van der Waals surface area contributed by atoms with Crippen molar-refractivity contribution in [3.63, 3.8) is 0 Å². The molecule has 0 aliphatic heterocycles. The molecule has 0 unspecified atom stereocenters. The van der Waals surface area contributed by atoms with E-state index >= 15 is 0 Å². The first kappa shape index (κ1) is 24.5. The highest BCUT2D eigenvalue weighted by atomic mass is 79.9. The molecule has 0 fully saturated rings. The van der Waals surface area contributed by atoms with E-state index in [-0.39, 0.29) is 18.0 Å². The standard InChI is InChI=1S/C22H18BrCl2NO3.ClH/c23-18-6-8-21(29-13-16-5-7-19(24)10-20(16)25)17(9-18)12-26-11-14-1-3-15(4-2-14)22(27)28;/h1-10,26H,11-13H2,(H,27,28);1H. The van der Waals surface area contributed by atoms with Crippen LogP contribution >= 0.6 is 51.5 Å². The van der Waals surface area contributed by atoms with E-state index in [1.54, 1.807) is 36.4 Å². The Bertz CT molecular complexity index is 1010. The number of carbonyl (C=O) groups is 1. The van der Waals surface area contributed by atoms with E-state index in [9.17, 15) is 4.79 Å². The van der Waals surface area contributed by atoms with Crippen molar-refractivity contribution in [1.29, 1.82) is 0 Å². The number of hydrogen-bond donors (Lipinski definition) is 2. The van der Waals surface area contributed by atoms with Crippen molar-refractivity contribution in [2.75, 3.05) is 0 Å². The maximum absolute atomic E-state index is 10.9. The summed E-state index contributed by atoms with van der Waals surface area (Å²) in [5, 5.41) is 13.5. The van der Waals surface area contributed by atoms with Crippen LogP contribution in [-0.2, 0) is 19.7 Å². The van der Waals surface area contributed by atoms with Crippen molar-refractivity contribution in [3.8, 4) is 5.75 Å². The fourth-order valence-electron chi connectivity index (χ4n) is 2.73. The molecule has 30 heavy (non-hydrogen) atoms. The van der Waals surface area contributed by atoms with Crippen LogP contribution in [0.2, 0.25) is 10.0 Å². The summed E-state index contributed by atoms with van der Waals surface area (Å²) in [6, 6.07) is 18.0. The third kappa shape index (κ3) is 6.89. The number of carboxylic acids is 1. The molecule has 0 amide bonds. The van der Waals surface area contributed by atoms with Gasteiger partial charge in [-0.3, -0.25) is 0 Å². The monoisotopic (exact) mass is 529 g/mol. The van der Waals surface area contributed by atoms with Crippen molar-refractivity contribution in [2.24, 2.45) is 0 Å². The van der Waals surface area contributed by atoms with Gasteiger partial charge in [-0.2, -0.15) is 0 Å². The molecular formula is C22H19BrCl3NO3. The van der Waals surface area contributed by atoms with Crippen LogP contribution in [0.25, 0.3) is 0 Å². The third-order valence-electron chi connectivity index (χ3n) is 4.27. The lowest BCUT2D eigenvalue weighted by Gasteiger charge is -2.14. The van der Waals surface area contributed by atoms with Crippen LogP contribution in [0.5, 0.6) is 5.75 Å². The molecular weight excluding hydrogens is 513 g/mol. The molecule has 0 atom stereocenters. The quantitative estimate of drug-likeness (QED) is 0.338. The van der Waals surface area contributed by atoms with Crippen LogP contribution in [-0.4, -0.2) is 11.1 Å². The second-order valence-electron chi connectivity index (χ2n) is 6.38. The fraction of sp³-hybridized carbons (Fsp3) is 0.136. The number of carboxylic acid groups (broad SMARTS) is 1. The first-order valence-electron chi connectivity index (χ1n) is 8.80. The summed E-state index contributed by atoms with van der Waals surface area (Å²) in [4.78, 5) is 10.9. The maximum atomic E-state index is 10.9. The Morgan fingerprint density at radius 1 is 0.967 bits per heavy atom. The minimum atomic E-state index is -0.929. The van der Waals surface area contributed by atoms with Gasteiger partial charge in [0.25, 0.3) is 0 Å². The molecule has 0 saturated heterocycles. The van der Waals surface area contributed by atoms with Gasteiger partial charge in [-0.05, 0) is 48.0 Å². The van der Waals surface area contributed by atoms with Crippen molar-refractivity contribution in [3.05, 3.63) is 97.4 Å². The fourth-order valence-corrected chi connectivity index (χ4v) is 3.60. The summed E-state index contributed by atoms with van der Waals surface area (Å²) >= 11 is 15.7.